The van der Waals surface area contributed by atoms with Gasteiger partial charge in [0, 0.05) is 12.0 Å². The zero-order chi connectivity index (χ0) is 13.0. The highest BCUT2D eigenvalue weighted by atomic mass is 16.5. The molecule has 0 aliphatic carbocycles. The van der Waals surface area contributed by atoms with Crippen molar-refractivity contribution in [1.82, 2.24) is 0 Å². The van der Waals surface area contributed by atoms with E-state index in [9.17, 15) is 4.79 Å². The fourth-order valence-corrected chi connectivity index (χ4v) is 1.95. The average molecular weight is 240 g/mol. The lowest BCUT2D eigenvalue weighted by atomic mass is 9.99. The molecule has 0 spiro atoms. The molecule has 0 N–H and O–H groups in total. The van der Waals surface area contributed by atoms with Crippen molar-refractivity contribution in [1.29, 1.82) is 0 Å². The van der Waals surface area contributed by atoms with Gasteiger partial charge in [0.05, 0.1) is 7.11 Å². The highest BCUT2D eigenvalue weighted by Crippen LogP contribution is 2.16. The smallest absolute Gasteiger partial charge is 0.167 e. The van der Waals surface area contributed by atoms with Crippen LogP contribution in [0.4, 0.5) is 0 Å². The summed E-state index contributed by atoms with van der Waals surface area (Å²) in [4.78, 5) is 12.2. The molecule has 0 atom stereocenters. The SMILES string of the molecule is COc1cccc(CC(=O)c2ccccc2C)c1. The molecule has 2 heteroatoms. The first-order valence-corrected chi connectivity index (χ1v) is 5.92. The highest BCUT2D eigenvalue weighted by Gasteiger charge is 2.09. The van der Waals surface area contributed by atoms with Crippen LogP contribution in [0.2, 0.25) is 0 Å². The van der Waals surface area contributed by atoms with E-state index in [-0.39, 0.29) is 5.78 Å². The molecular formula is C16H16O2. The minimum Gasteiger partial charge on any atom is -0.497 e. The molecule has 18 heavy (non-hydrogen) atoms. The topological polar surface area (TPSA) is 26.3 Å². The zero-order valence-corrected chi connectivity index (χ0v) is 10.6. The average Bonchev–Trinajstić information content (AvgIpc) is 2.39. The Morgan fingerprint density at radius 2 is 1.89 bits per heavy atom. The summed E-state index contributed by atoms with van der Waals surface area (Å²) in [6, 6.07) is 15.3. The standard InChI is InChI=1S/C16H16O2/c1-12-6-3-4-9-15(12)16(17)11-13-7-5-8-14(10-13)18-2/h3-10H,11H2,1-2H3. The van der Waals surface area contributed by atoms with Gasteiger partial charge in [-0.15, -0.1) is 0 Å². The zero-order valence-electron chi connectivity index (χ0n) is 10.6. The second kappa shape index (κ2) is 5.50. The molecule has 0 heterocycles. The summed E-state index contributed by atoms with van der Waals surface area (Å²) in [7, 11) is 1.63. The van der Waals surface area contributed by atoms with E-state index < -0.39 is 0 Å². The number of aryl methyl sites for hydroxylation is 1. The molecule has 2 aromatic carbocycles. The number of carbonyl (C=O) groups excluding carboxylic acids is 1. The van der Waals surface area contributed by atoms with E-state index in [1.54, 1.807) is 7.11 Å². The number of rotatable bonds is 4. The summed E-state index contributed by atoms with van der Waals surface area (Å²) in [5.74, 6) is 0.923. The molecule has 0 bridgehead atoms. The van der Waals surface area contributed by atoms with Crippen LogP contribution in [0.25, 0.3) is 0 Å². The maximum Gasteiger partial charge on any atom is 0.167 e. The van der Waals surface area contributed by atoms with Crippen LogP contribution in [-0.2, 0) is 6.42 Å². The highest BCUT2D eigenvalue weighted by molar-refractivity contribution is 5.98. The summed E-state index contributed by atoms with van der Waals surface area (Å²) in [6.07, 6.45) is 0.405. The molecule has 0 aliphatic rings. The van der Waals surface area contributed by atoms with Crippen LogP contribution in [0.15, 0.2) is 48.5 Å². The van der Waals surface area contributed by atoms with Crippen molar-refractivity contribution < 1.29 is 9.53 Å². The van der Waals surface area contributed by atoms with Gasteiger partial charge in [0.25, 0.3) is 0 Å². The van der Waals surface area contributed by atoms with Gasteiger partial charge in [0.15, 0.2) is 5.78 Å². The molecule has 0 amide bonds. The Bertz CT molecular complexity index is 559. The molecule has 2 rings (SSSR count). The first-order chi connectivity index (χ1) is 8.70. The van der Waals surface area contributed by atoms with Crippen LogP contribution >= 0.6 is 0 Å². The molecule has 0 saturated carbocycles. The number of benzene rings is 2. The van der Waals surface area contributed by atoms with E-state index in [0.29, 0.717) is 6.42 Å². The monoisotopic (exact) mass is 240 g/mol. The number of ketones is 1. The third kappa shape index (κ3) is 2.77. The van der Waals surface area contributed by atoms with Crippen LogP contribution in [0.1, 0.15) is 21.5 Å². The van der Waals surface area contributed by atoms with Gasteiger partial charge in [-0.05, 0) is 30.2 Å². The molecule has 92 valence electrons. The third-order valence-corrected chi connectivity index (χ3v) is 2.94. The van der Waals surface area contributed by atoms with E-state index in [2.05, 4.69) is 0 Å². The molecule has 2 nitrogen and oxygen atoms in total. The van der Waals surface area contributed by atoms with E-state index in [0.717, 1.165) is 22.4 Å². The van der Waals surface area contributed by atoms with Crippen LogP contribution in [0, 0.1) is 6.92 Å². The van der Waals surface area contributed by atoms with E-state index in [4.69, 9.17) is 4.74 Å². The van der Waals surface area contributed by atoms with Crippen LogP contribution in [0.5, 0.6) is 5.75 Å². The summed E-state index contributed by atoms with van der Waals surface area (Å²) in [5, 5.41) is 0. The number of hydrogen-bond donors (Lipinski definition) is 0. The van der Waals surface area contributed by atoms with Gasteiger partial charge in [-0.2, -0.15) is 0 Å². The van der Waals surface area contributed by atoms with E-state index in [1.807, 2.05) is 55.5 Å². The molecule has 0 aliphatic heterocycles. The van der Waals surface area contributed by atoms with Gasteiger partial charge >= 0.3 is 0 Å². The predicted molar refractivity (Wildman–Crippen MR) is 72.2 cm³/mol. The van der Waals surface area contributed by atoms with E-state index in [1.165, 1.54) is 0 Å². The van der Waals surface area contributed by atoms with E-state index >= 15 is 0 Å². The fraction of sp³-hybridized carbons (Fsp3) is 0.188. The summed E-state index contributed by atoms with van der Waals surface area (Å²) in [6.45, 7) is 1.96. The van der Waals surface area contributed by atoms with Gasteiger partial charge in [-0.1, -0.05) is 36.4 Å². The number of hydrogen-bond acceptors (Lipinski definition) is 2. The second-order valence-electron chi connectivity index (χ2n) is 4.27. The van der Waals surface area contributed by atoms with Crippen LogP contribution in [-0.4, -0.2) is 12.9 Å². The number of carbonyl (C=O) groups is 1. The predicted octanol–water partition coefficient (Wildman–Crippen LogP) is 3.43. The van der Waals surface area contributed by atoms with Crippen molar-refractivity contribution in [3.05, 3.63) is 65.2 Å². The Balaban J connectivity index is 2.19. The second-order valence-corrected chi connectivity index (χ2v) is 4.27. The van der Waals surface area contributed by atoms with Crippen molar-refractivity contribution in [2.75, 3.05) is 7.11 Å². The fourth-order valence-electron chi connectivity index (χ4n) is 1.95. The van der Waals surface area contributed by atoms with Crippen molar-refractivity contribution in [3.8, 4) is 5.75 Å². The van der Waals surface area contributed by atoms with Crippen molar-refractivity contribution >= 4 is 5.78 Å². The van der Waals surface area contributed by atoms with Crippen LogP contribution < -0.4 is 4.74 Å². The largest absolute Gasteiger partial charge is 0.497 e. The minimum absolute atomic E-state index is 0.140. The van der Waals surface area contributed by atoms with Gasteiger partial charge in [0.2, 0.25) is 0 Å². The van der Waals surface area contributed by atoms with Crippen molar-refractivity contribution in [2.45, 2.75) is 13.3 Å². The molecule has 0 saturated heterocycles. The molecular weight excluding hydrogens is 224 g/mol. The Morgan fingerprint density at radius 1 is 1.11 bits per heavy atom. The summed E-state index contributed by atoms with van der Waals surface area (Å²) >= 11 is 0. The van der Waals surface area contributed by atoms with Gasteiger partial charge < -0.3 is 4.74 Å². The van der Waals surface area contributed by atoms with Crippen molar-refractivity contribution in [2.24, 2.45) is 0 Å². The molecule has 0 aromatic heterocycles. The maximum absolute atomic E-state index is 12.2. The Morgan fingerprint density at radius 3 is 2.61 bits per heavy atom. The van der Waals surface area contributed by atoms with Crippen molar-refractivity contribution in [3.63, 3.8) is 0 Å². The third-order valence-electron chi connectivity index (χ3n) is 2.94. The number of methoxy groups -OCH3 is 1. The normalized spacial score (nSPS) is 10.1. The quantitative estimate of drug-likeness (QED) is 0.765. The molecule has 0 radical (unpaired) electrons. The molecule has 0 unspecified atom stereocenters. The number of ether oxygens (including phenoxy) is 1. The lowest BCUT2D eigenvalue weighted by molar-refractivity contribution is 0.0992. The minimum atomic E-state index is 0.140. The Hall–Kier alpha value is -2.09. The van der Waals surface area contributed by atoms with Gasteiger partial charge in [-0.25, -0.2) is 0 Å². The Labute approximate surface area is 107 Å². The lowest BCUT2D eigenvalue weighted by Crippen LogP contribution is -2.05. The molecule has 0 fully saturated rings. The lowest BCUT2D eigenvalue weighted by Gasteiger charge is -2.06. The Kier molecular flexibility index (Phi) is 3.78. The van der Waals surface area contributed by atoms with Gasteiger partial charge in [-0.3, -0.25) is 4.79 Å². The summed E-state index contributed by atoms with van der Waals surface area (Å²) < 4.78 is 5.15. The van der Waals surface area contributed by atoms with Gasteiger partial charge in [0.1, 0.15) is 5.75 Å². The number of Topliss-reactive ketones (excluding diaryl/α,β-unsaturated/α-hetero) is 1. The molecule has 2 aromatic rings. The first kappa shape index (κ1) is 12.4. The maximum atomic E-state index is 12.2. The summed E-state index contributed by atoms with van der Waals surface area (Å²) in [5.41, 5.74) is 2.79. The first-order valence-electron chi connectivity index (χ1n) is 5.92. The van der Waals surface area contributed by atoms with Crippen LogP contribution in [0.3, 0.4) is 0 Å².